The molecule has 2 aromatic carbocycles. The first-order valence-corrected chi connectivity index (χ1v) is 5.71. The van der Waals surface area contributed by atoms with Gasteiger partial charge in [-0.3, -0.25) is 0 Å². The van der Waals surface area contributed by atoms with Crippen LogP contribution < -0.4 is 10.5 Å². The molecule has 0 radical (unpaired) electrons. The molecule has 0 spiro atoms. The minimum atomic E-state index is 0.0807. The molecule has 0 unspecified atom stereocenters. The van der Waals surface area contributed by atoms with Gasteiger partial charge in [-0.25, -0.2) is 0 Å². The second-order valence-corrected chi connectivity index (χ2v) is 4.01. The molecule has 3 nitrogen and oxygen atoms in total. The molecular formula is C15H14N2O. The van der Waals surface area contributed by atoms with Crippen LogP contribution in [0.4, 0.5) is 5.69 Å². The van der Waals surface area contributed by atoms with E-state index in [1.54, 1.807) is 0 Å². The number of nitriles is 1. The van der Waals surface area contributed by atoms with Gasteiger partial charge < -0.3 is 10.5 Å². The minimum absolute atomic E-state index is 0.0807. The number of nitrogens with zero attached hydrogens (tertiary/aromatic N) is 1. The van der Waals surface area contributed by atoms with Crippen LogP contribution in [0.5, 0.6) is 5.75 Å². The predicted octanol–water partition coefficient (Wildman–Crippen LogP) is 2.76. The van der Waals surface area contributed by atoms with Crippen LogP contribution in [0, 0.1) is 11.3 Å². The van der Waals surface area contributed by atoms with Crippen molar-refractivity contribution in [2.24, 2.45) is 0 Å². The molecule has 2 aromatic rings. The molecule has 18 heavy (non-hydrogen) atoms. The first kappa shape index (κ1) is 12.0. The number of hydrogen-bond donors (Lipinski definition) is 1. The van der Waals surface area contributed by atoms with Crippen LogP contribution in [0.3, 0.4) is 0 Å². The van der Waals surface area contributed by atoms with Gasteiger partial charge in [-0.2, -0.15) is 5.26 Å². The molecule has 0 saturated heterocycles. The average Bonchev–Trinajstić information content (AvgIpc) is 2.41. The van der Waals surface area contributed by atoms with Crippen molar-refractivity contribution in [3.05, 3.63) is 59.7 Å². The van der Waals surface area contributed by atoms with Crippen LogP contribution >= 0.6 is 0 Å². The Morgan fingerprint density at radius 2 is 1.50 bits per heavy atom. The molecule has 0 aromatic heterocycles. The molecule has 0 heterocycles. The van der Waals surface area contributed by atoms with Crippen molar-refractivity contribution >= 4 is 5.69 Å². The van der Waals surface area contributed by atoms with Crippen molar-refractivity contribution in [2.75, 3.05) is 12.3 Å². The number of benzene rings is 2. The van der Waals surface area contributed by atoms with Crippen LogP contribution in [0.25, 0.3) is 0 Å². The zero-order chi connectivity index (χ0) is 12.8. The Hall–Kier alpha value is -2.47. The molecular weight excluding hydrogens is 224 g/mol. The van der Waals surface area contributed by atoms with E-state index in [2.05, 4.69) is 0 Å². The Bertz CT molecular complexity index is 538. The van der Waals surface area contributed by atoms with Gasteiger partial charge in [0.25, 0.3) is 0 Å². The first-order chi connectivity index (χ1) is 8.78. The lowest BCUT2D eigenvalue weighted by molar-refractivity contribution is 0.368. The topological polar surface area (TPSA) is 59.0 Å². The quantitative estimate of drug-likeness (QED) is 0.833. The minimum Gasteiger partial charge on any atom is -0.479 e. The molecule has 2 rings (SSSR count). The van der Waals surface area contributed by atoms with Crippen LogP contribution in [0.2, 0.25) is 0 Å². The van der Waals surface area contributed by atoms with Gasteiger partial charge >= 0.3 is 0 Å². The summed E-state index contributed by atoms with van der Waals surface area (Å²) in [6.45, 7) is 0.0807. The SMILES string of the molecule is N#CCOc1ccc(Cc2ccc(N)cc2)cc1. The van der Waals surface area contributed by atoms with E-state index in [0.717, 1.165) is 17.9 Å². The summed E-state index contributed by atoms with van der Waals surface area (Å²) in [5.74, 6) is 0.720. The van der Waals surface area contributed by atoms with Gasteiger partial charge in [-0.15, -0.1) is 0 Å². The summed E-state index contributed by atoms with van der Waals surface area (Å²) in [5, 5.41) is 8.41. The Balaban J connectivity index is 2.02. The van der Waals surface area contributed by atoms with Crippen LogP contribution in [-0.2, 0) is 6.42 Å². The third-order valence-corrected chi connectivity index (χ3v) is 2.61. The maximum atomic E-state index is 8.41. The van der Waals surface area contributed by atoms with Crippen molar-refractivity contribution < 1.29 is 4.74 Å². The third kappa shape index (κ3) is 3.26. The normalized spacial score (nSPS) is 9.72. The molecule has 0 aliphatic heterocycles. The number of rotatable bonds is 4. The standard InChI is InChI=1S/C15H14N2O/c16-9-10-18-15-7-3-13(4-8-15)11-12-1-5-14(17)6-2-12/h1-8H,10-11,17H2. The number of ether oxygens (including phenoxy) is 1. The van der Waals surface area contributed by atoms with Crippen molar-refractivity contribution in [1.29, 1.82) is 5.26 Å². The molecule has 0 fully saturated rings. The summed E-state index contributed by atoms with van der Waals surface area (Å²) >= 11 is 0. The van der Waals surface area contributed by atoms with Crippen molar-refractivity contribution in [2.45, 2.75) is 6.42 Å². The van der Waals surface area contributed by atoms with E-state index in [1.807, 2.05) is 54.6 Å². The second kappa shape index (κ2) is 5.74. The van der Waals surface area contributed by atoms with Gasteiger partial charge in [0, 0.05) is 5.69 Å². The van der Waals surface area contributed by atoms with E-state index >= 15 is 0 Å². The molecule has 0 aliphatic rings. The molecule has 0 atom stereocenters. The number of anilines is 1. The van der Waals surface area contributed by atoms with Gasteiger partial charge in [0.05, 0.1) is 0 Å². The fraction of sp³-hybridized carbons (Fsp3) is 0.133. The van der Waals surface area contributed by atoms with Gasteiger partial charge in [-0.05, 0) is 41.8 Å². The highest BCUT2D eigenvalue weighted by molar-refractivity contribution is 5.41. The largest absolute Gasteiger partial charge is 0.479 e. The highest BCUT2D eigenvalue weighted by atomic mass is 16.5. The van der Waals surface area contributed by atoms with Gasteiger partial charge in [0.2, 0.25) is 0 Å². The zero-order valence-corrected chi connectivity index (χ0v) is 9.97. The molecule has 3 heteroatoms. The summed E-state index contributed by atoms with van der Waals surface area (Å²) < 4.78 is 5.20. The van der Waals surface area contributed by atoms with Crippen LogP contribution in [0.1, 0.15) is 11.1 Å². The second-order valence-electron chi connectivity index (χ2n) is 4.01. The van der Waals surface area contributed by atoms with E-state index in [0.29, 0.717) is 0 Å². The smallest absolute Gasteiger partial charge is 0.174 e. The zero-order valence-electron chi connectivity index (χ0n) is 9.97. The Kier molecular flexibility index (Phi) is 3.83. The van der Waals surface area contributed by atoms with Crippen molar-refractivity contribution in [1.82, 2.24) is 0 Å². The van der Waals surface area contributed by atoms with Gasteiger partial charge in [0.1, 0.15) is 11.8 Å². The van der Waals surface area contributed by atoms with Gasteiger partial charge in [-0.1, -0.05) is 24.3 Å². The van der Waals surface area contributed by atoms with E-state index in [9.17, 15) is 0 Å². The highest BCUT2D eigenvalue weighted by Gasteiger charge is 1.98. The predicted molar refractivity (Wildman–Crippen MR) is 71.2 cm³/mol. The summed E-state index contributed by atoms with van der Waals surface area (Å²) in [5.41, 5.74) is 8.84. The first-order valence-electron chi connectivity index (χ1n) is 5.71. The molecule has 0 saturated carbocycles. The lowest BCUT2D eigenvalue weighted by Gasteiger charge is -2.05. The third-order valence-electron chi connectivity index (χ3n) is 2.61. The fourth-order valence-electron chi connectivity index (χ4n) is 1.69. The summed E-state index contributed by atoms with van der Waals surface area (Å²) in [6.07, 6.45) is 0.860. The van der Waals surface area contributed by atoms with E-state index in [-0.39, 0.29) is 6.61 Å². The molecule has 0 bridgehead atoms. The highest BCUT2D eigenvalue weighted by Crippen LogP contribution is 2.16. The lowest BCUT2D eigenvalue weighted by Crippen LogP contribution is -1.94. The van der Waals surface area contributed by atoms with Crippen molar-refractivity contribution in [3.63, 3.8) is 0 Å². The van der Waals surface area contributed by atoms with Crippen LogP contribution in [-0.4, -0.2) is 6.61 Å². The van der Waals surface area contributed by atoms with Crippen LogP contribution in [0.15, 0.2) is 48.5 Å². The Labute approximate surface area is 106 Å². The van der Waals surface area contributed by atoms with E-state index < -0.39 is 0 Å². The Morgan fingerprint density at radius 3 is 2.06 bits per heavy atom. The summed E-state index contributed by atoms with van der Waals surface area (Å²) in [6, 6.07) is 17.6. The monoisotopic (exact) mass is 238 g/mol. The van der Waals surface area contributed by atoms with E-state index in [4.69, 9.17) is 15.7 Å². The summed E-state index contributed by atoms with van der Waals surface area (Å²) in [4.78, 5) is 0. The maximum Gasteiger partial charge on any atom is 0.174 e. The number of hydrogen-bond acceptors (Lipinski definition) is 3. The summed E-state index contributed by atoms with van der Waals surface area (Å²) in [7, 11) is 0. The lowest BCUT2D eigenvalue weighted by atomic mass is 10.0. The Morgan fingerprint density at radius 1 is 0.944 bits per heavy atom. The maximum absolute atomic E-state index is 8.41. The molecule has 2 N–H and O–H groups in total. The number of nitrogen functional groups attached to an aromatic ring is 1. The number of nitrogens with two attached hydrogens (primary N) is 1. The molecule has 90 valence electrons. The fourth-order valence-corrected chi connectivity index (χ4v) is 1.69. The van der Waals surface area contributed by atoms with E-state index in [1.165, 1.54) is 11.1 Å². The van der Waals surface area contributed by atoms with Crippen molar-refractivity contribution in [3.8, 4) is 11.8 Å². The average molecular weight is 238 g/mol. The molecule has 0 amide bonds. The van der Waals surface area contributed by atoms with Gasteiger partial charge in [0.15, 0.2) is 6.61 Å². The molecule has 0 aliphatic carbocycles.